The summed E-state index contributed by atoms with van der Waals surface area (Å²) in [5.74, 6) is 1.10. The molecule has 1 heteroatoms. The second-order valence-corrected chi connectivity index (χ2v) is 5.07. The highest BCUT2D eigenvalue weighted by Crippen LogP contribution is 2.27. The molecule has 1 aliphatic carbocycles. The molecule has 1 saturated carbocycles. The highest BCUT2D eigenvalue weighted by atomic mass is 31.0. The Hall–Kier alpha value is 0.430. The normalized spacial score (nSPS) is 19.2. The molecule has 0 aromatic heterocycles. The van der Waals surface area contributed by atoms with Crippen molar-refractivity contribution in [1.82, 2.24) is 0 Å². The molecule has 0 spiro atoms. The second-order valence-electron chi connectivity index (χ2n) is 4.50. The summed E-state index contributed by atoms with van der Waals surface area (Å²) in [6.45, 7) is 0. The maximum Gasteiger partial charge on any atom is -0.0381 e. The van der Waals surface area contributed by atoms with Gasteiger partial charge < -0.3 is 0 Å². The van der Waals surface area contributed by atoms with Gasteiger partial charge in [-0.05, 0) is 18.5 Å². The lowest BCUT2D eigenvalue weighted by atomic mass is 9.85. The fourth-order valence-electron chi connectivity index (χ4n) is 2.41. The summed E-state index contributed by atoms with van der Waals surface area (Å²) in [6, 6.07) is 0. The van der Waals surface area contributed by atoms with Crippen molar-refractivity contribution < 1.29 is 0 Å². The lowest BCUT2D eigenvalue weighted by Gasteiger charge is -2.21. The highest BCUT2D eigenvalue weighted by Gasteiger charge is 2.12. The van der Waals surface area contributed by atoms with Crippen LogP contribution >= 0.6 is 9.24 Å². The first-order chi connectivity index (χ1) is 6.43. The summed E-state index contributed by atoms with van der Waals surface area (Å²) >= 11 is 0. The molecule has 1 atom stereocenters. The molecule has 0 nitrogen and oxygen atoms in total. The van der Waals surface area contributed by atoms with E-state index in [0.29, 0.717) is 0 Å². The molecule has 0 bridgehead atoms. The van der Waals surface area contributed by atoms with Crippen molar-refractivity contribution in [2.24, 2.45) is 5.92 Å². The maximum absolute atomic E-state index is 2.82. The number of hydrogen-bond acceptors (Lipinski definition) is 0. The van der Waals surface area contributed by atoms with Gasteiger partial charge in [-0.1, -0.05) is 57.8 Å². The van der Waals surface area contributed by atoms with E-state index < -0.39 is 0 Å². The Bertz CT molecular complexity index is 106. The summed E-state index contributed by atoms with van der Waals surface area (Å²) in [4.78, 5) is 0. The van der Waals surface area contributed by atoms with Gasteiger partial charge in [-0.2, -0.15) is 0 Å². The molecule has 1 aliphatic rings. The fourth-order valence-corrected chi connectivity index (χ4v) is 2.70. The molecular weight excluding hydrogens is 175 g/mol. The predicted molar refractivity (Wildman–Crippen MR) is 64.2 cm³/mol. The standard InChI is InChI=1S/C12H25P/c13-11-7-2-1-4-8-12-9-5-3-6-10-12/h12H,1-11,13H2. The van der Waals surface area contributed by atoms with E-state index in [1.165, 1.54) is 70.4 Å². The van der Waals surface area contributed by atoms with Crippen LogP contribution in [0.25, 0.3) is 0 Å². The minimum atomic E-state index is 1.10. The van der Waals surface area contributed by atoms with Gasteiger partial charge in [0.15, 0.2) is 0 Å². The Morgan fingerprint density at radius 3 is 2.23 bits per heavy atom. The molecule has 1 unspecified atom stereocenters. The number of hydrogen-bond donors (Lipinski definition) is 0. The first-order valence-corrected chi connectivity index (χ1v) is 6.95. The average Bonchev–Trinajstić information content (AvgIpc) is 2.19. The third kappa shape index (κ3) is 5.68. The fraction of sp³-hybridized carbons (Fsp3) is 1.00. The van der Waals surface area contributed by atoms with Gasteiger partial charge in [0.25, 0.3) is 0 Å². The molecule has 0 aromatic carbocycles. The smallest absolute Gasteiger partial charge is 0.0381 e. The van der Waals surface area contributed by atoms with E-state index in [1.54, 1.807) is 0 Å². The molecular formula is C12H25P. The SMILES string of the molecule is PCCCCCCC1CCCCC1. The van der Waals surface area contributed by atoms with Gasteiger partial charge in [0.2, 0.25) is 0 Å². The van der Waals surface area contributed by atoms with E-state index in [1.807, 2.05) is 0 Å². The van der Waals surface area contributed by atoms with Gasteiger partial charge in [-0.25, -0.2) is 0 Å². The first-order valence-electron chi connectivity index (χ1n) is 6.13. The summed E-state index contributed by atoms with van der Waals surface area (Å²) in [5.41, 5.74) is 0. The zero-order valence-corrected chi connectivity index (χ0v) is 10.1. The van der Waals surface area contributed by atoms with E-state index in [4.69, 9.17) is 0 Å². The Morgan fingerprint density at radius 2 is 1.54 bits per heavy atom. The van der Waals surface area contributed by atoms with E-state index in [0.717, 1.165) is 5.92 Å². The van der Waals surface area contributed by atoms with Gasteiger partial charge in [0, 0.05) is 0 Å². The van der Waals surface area contributed by atoms with Crippen LogP contribution in [-0.2, 0) is 0 Å². The predicted octanol–water partition coefficient (Wildman–Crippen LogP) is 4.39. The third-order valence-corrected chi connectivity index (χ3v) is 3.70. The average molecular weight is 200 g/mol. The van der Waals surface area contributed by atoms with Crippen molar-refractivity contribution in [3.8, 4) is 0 Å². The largest absolute Gasteiger partial charge is 0.138 e. The molecule has 1 rings (SSSR count). The van der Waals surface area contributed by atoms with E-state index in [-0.39, 0.29) is 0 Å². The Labute approximate surface area is 86.1 Å². The second kappa shape index (κ2) is 7.80. The first kappa shape index (κ1) is 11.5. The van der Waals surface area contributed by atoms with Crippen LogP contribution < -0.4 is 0 Å². The van der Waals surface area contributed by atoms with Crippen LogP contribution in [0.1, 0.15) is 64.2 Å². The van der Waals surface area contributed by atoms with Crippen LogP contribution in [0, 0.1) is 5.92 Å². The molecule has 0 heterocycles. The minimum Gasteiger partial charge on any atom is -0.138 e. The van der Waals surface area contributed by atoms with Gasteiger partial charge in [-0.3, -0.25) is 0 Å². The molecule has 0 amide bonds. The summed E-state index contributed by atoms with van der Waals surface area (Å²) in [5, 5.41) is 0. The Morgan fingerprint density at radius 1 is 0.846 bits per heavy atom. The van der Waals surface area contributed by atoms with Crippen molar-refractivity contribution in [3.63, 3.8) is 0 Å². The molecule has 0 saturated heterocycles. The lowest BCUT2D eigenvalue weighted by molar-refractivity contribution is 0.328. The topological polar surface area (TPSA) is 0 Å². The summed E-state index contributed by atoms with van der Waals surface area (Å²) in [6.07, 6.45) is 16.2. The van der Waals surface area contributed by atoms with Crippen LogP contribution in [0.4, 0.5) is 0 Å². The van der Waals surface area contributed by atoms with Crippen molar-refractivity contribution in [3.05, 3.63) is 0 Å². The van der Waals surface area contributed by atoms with Gasteiger partial charge in [0.1, 0.15) is 0 Å². The molecule has 13 heavy (non-hydrogen) atoms. The Balaban J connectivity index is 1.86. The van der Waals surface area contributed by atoms with Crippen molar-refractivity contribution in [1.29, 1.82) is 0 Å². The van der Waals surface area contributed by atoms with Gasteiger partial charge in [-0.15, -0.1) is 9.24 Å². The molecule has 0 N–H and O–H groups in total. The monoisotopic (exact) mass is 200 g/mol. The summed E-state index contributed by atoms with van der Waals surface area (Å²) < 4.78 is 0. The van der Waals surface area contributed by atoms with Gasteiger partial charge in [0.05, 0.1) is 0 Å². The molecule has 0 aliphatic heterocycles. The quantitative estimate of drug-likeness (QED) is 0.440. The van der Waals surface area contributed by atoms with E-state index in [9.17, 15) is 0 Å². The van der Waals surface area contributed by atoms with E-state index >= 15 is 0 Å². The summed E-state index contributed by atoms with van der Waals surface area (Å²) in [7, 11) is 2.82. The lowest BCUT2D eigenvalue weighted by Crippen LogP contribution is -2.05. The highest BCUT2D eigenvalue weighted by molar-refractivity contribution is 7.16. The maximum atomic E-state index is 2.82. The van der Waals surface area contributed by atoms with Gasteiger partial charge >= 0.3 is 0 Å². The van der Waals surface area contributed by atoms with Crippen LogP contribution in [-0.4, -0.2) is 6.16 Å². The minimum absolute atomic E-state index is 1.10. The Kier molecular flexibility index (Phi) is 6.90. The molecule has 1 fully saturated rings. The van der Waals surface area contributed by atoms with Crippen LogP contribution in [0.3, 0.4) is 0 Å². The molecule has 0 aromatic rings. The van der Waals surface area contributed by atoms with E-state index in [2.05, 4.69) is 9.24 Å². The zero-order chi connectivity index (χ0) is 9.36. The molecule has 78 valence electrons. The van der Waals surface area contributed by atoms with Crippen LogP contribution in [0.2, 0.25) is 0 Å². The van der Waals surface area contributed by atoms with Crippen molar-refractivity contribution in [2.75, 3.05) is 6.16 Å². The van der Waals surface area contributed by atoms with Crippen LogP contribution in [0.5, 0.6) is 0 Å². The third-order valence-electron chi connectivity index (χ3n) is 3.29. The van der Waals surface area contributed by atoms with Crippen molar-refractivity contribution >= 4 is 9.24 Å². The number of rotatable bonds is 6. The zero-order valence-electron chi connectivity index (χ0n) is 8.93. The van der Waals surface area contributed by atoms with Crippen LogP contribution in [0.15, 0.2) is 0 Å². The van der Waals surface area contributed by atoms with Crippen molar-refractivity contribution in [2.45, 2.75) is 64.2 Å². The number of unbranched alkanes of at least 4 members (excludes halogenated alkanes) is 3. The molecule has 0 radical (unpaired) electrons.